The third kappa shape index (κ3) is 26.4. The number of nitrogens with zero attached hydrogens (tertiary/aromatic N) is 7. The number of nitrogens with one attached hydrogen (secondary N) is 4. The number of hydrogen-bond acceptors (Lipinski definition) is 23. The summed E-state index contributed by atoms with van der Waals surface area (Å²) >= 11 is 11.7. The van der Waals surface area contributed by atoms with Crippen LogP contribution in [-0.2, 0) is 51.5 Å². The third-order valence-electron chi connectivity index (χ3n) is 11.0. The summed E-state index contributed by atoms with van der Waals surface area (Å²) in [6.07, 6.45) is -11.0. The monoisotopic (exact) mass is 1430 g/mol. The molecule has 0 radical (unpaired) electrons. The fourth-order valence-electron chi connectivity index (χ4n) is 6.52. The first-order valence-corrected chi connectivity index (χ1v) is 31.8. The van der Waals surface area contributed by atoms with Crippen LogP contribution in [0.15, 0.2) is 95.0 Å². The molecule has 0 saturated carbocycles. The number of rotatable bonds is 21. The molecule has 2 unspecified atom stereocenters. The van der Waals surface area contributed by atoms with Crippen LogP contribution in [0.25, 0.3) is 0 Å². The molecule has 512 valence electrons. The predicted octanol–water partition coefficient (Wildman–Crippen LogP) is 7.42. The number of methoxy groups -OCH3 is 3. The molecule has 31 nitrogen and oxygen atoms in total. The van der Waals surface area contributed by atoms with Gasteiger partial charge in [-0.15, -0.1) is 0 Å². The summed E-state index contributed by atoms with van der Waals surface area (Å²) in [6, 6.07) is 12.0. The van der Waals surface area contributed by atoms with Crippen molar-refractivity contribution >= 4 is 98.4 Å². The van der Waals surface area contributed by atoms with Gasteiger partial charge in [-0.3, -0.25) is 24.8 Å². The summed E-state index contributed by atoms with van der Waals surface area (Å²) in [5.74, 6) is -4.24. The lowest BCUT2D eigenvalue weighted by atomic mass is 10.1. The standard InChI is InChI=1S/C17H11Cl2F3O5.C15H16F3N5O4S.C15H18N6O6S.C5H12NO4P/c1-8(15(23)24)26-16(25)11-7-10(3-4-12(11)18)27-14-5-2-9(6-13(14)19)17(20,21)22;1-9-19-12(22-14(20-9)27-2)21-13(24)23-28(25,26)11-6-4-3-5-10(11)7-8-15(16,17)18;1-21(2)13(22)9-6-5-7-16-12(9)28(24,25)20-15(23)19-14-17-10(26-3)8-11(18-14)27-4;1-11(9,10)3-2-4(6)5(7)8/h2-8H,1H3,(H,23,24);3-6H,7-8H2,1-2H3,(H2,19,20,21,22,23,24);5-8H,1-4H3,(H2,17,18,19,20,23);4H,2-3,6H2,1H3,(H,7,8)(H,9,10)/t8-;;;/m0.../s1. The Labute approximate surface area is 540 Å². The van der Waals surface area contributed by atoms with Crippen LogP contribution in [0.2, 0.25) is 10.0 Å². The van der Waals surface area contributed by atoms with Crippen molar-refractivity contribution in [2.24, 2.45) is 5.73 Å². The molecule has 3 aromatic carbocycles. The maximum Gasteiger partial charge on any atom is 0.416 e. The highest BCUT2D eigenvalue weighted by Gasteiger charge is 2.33. The van der Waals surface area contributed by atoms with Crippen molar-refractivity contribution in [1.29, 1.82) is 0 Å². The summed E-state index contributed by atoms with van der Waals surface area (Å²) in [4.78, 5) is 102. The van der Waals surface area contributed by atoms with Crippen molar-refractivity contribution in [3.8, 4) is 29.3 Å². The molecule has 3 heterocycles. The number of hydrogen-bond donors (Lipinski definition) is 8. The van der Waals surface area contributed by atoms with Gasteiger partial charge in [0.05, 0.1) is 59.0 Å². The lowest BCUT2D eigenvalue weighted by molar-refractivity contribution is -0.146. The van der Waals surface area contributed by atoms with Crippen molar-refractivity contribution in [1.82, 2.24) is 44.2 Å². The maximum atomic E-state index is 12.7. The quantitative estimate of drug-likeness (QED) is 0.0197. The number of amides is 5. The highest BCUT2D eigenvalue weighted by atomic mass is 35.5. The van der Waals surface area contributed by atoms with Crippen molar-refractivity contribution < 1.29 is 115 Å². The Morgan fingerprint density at radius 3 is 1.84 bits per heavy atom. The first-order valence-electron chi connectivity index (χ1n) is 25.8. The van der Waals surface area contributed by atoms with E-state index in [0.717, 1.165) is 31.2 Å². The molecule has 0 spiro atoms. The van der Waals surface area contributed by atoms with Crippen LogP contribution in [0.4, 0.5) is 47.8 Å². The number of carbonyl (C=O) groups excluding carboxylic acids is 4. The normalized spacial score (nSPS) is 12.4. The van der Waals surface area contributed by atoms with E-state index in [1.165, 1.54) is 109 Å². The van der Waals surface area contributed by atoms with Crippen molar-refractivity contribution in [2.45, 2.75) is 67.5 Å². The second-order valence-electron chi connectivity index (χ2n) is 18.6. The van der Waals surface area contributed by atoms with Crippen LogP contribution >= 0.6 is 30.6 Å². The van der Waals surface area contributed by atoms with E-state index in [2.05, 4.69) is 40.5 Å². The molecule has 42 heteroatoms. The fraction of sp³-hybridized carbons (Fsp3) is 0.308. The zero-order chi connectivity index (χ0) is 71.3. The molecule has 0 aliphatic carbocycles. The number of aromatic nitrogens is 6. The van der Waals surface area contributed by atoms with Gasteiger partial charge in [-0.25, -0.2) is 42.0 Å². The second kappa shape index (κ2) is 34.6. The zero-order valence-corrected chi connectivity index (χ0v) is 54.0. The van der Waals surface area contributed by atoms with E-state index in [1.54, 1.807) is 9.44 Å². The molecule has 5 amide bonds. The zero-order valence-electron chi connectivity index (χ0n) is 49.9. The van der Waals surface area contributed by atoms with Gasteiger partial charge >= 0.3 is 48.3 Å². The van der Waals surface area contributed by atoms with Crippen molar-refractivity contribution in [3.05, 3.63) is 123 Å². The second-order valence-corrected chi connectivity index (χ2v) is 25.3. The Hall–Kier alpha value is -9.27. The van der Waals surface area contributed by atoms with Crippen LogP contribution in [-0.4, -0.2) is 169 Å². The van der Waals surface area contributed by atoms with E-state index >= 15 is 0 Å². The molecule has 0 bridgehead atoms. The molecule has 94 heavy (non-hydrogen) atoms. The maximum absolute atomic E-state index is 12.7. The van der Waals surface area contributed by atoms with Crippen molar-refractivity contribution in [2.75, 3.05) is 58.9 Å². The summed E-state index contributed by atoms with van der Waals surface area (Å²) in [5, 5.41) is 20.4. The molecule has 0 aliphatic rings. The van der Waals surface area contributed by atoms with Crippen LogP contribution in [0.5, 0.6) is 29.3 Å². The molecule has 9 N–H and O–H groups in total. The fourth-order valence-corrected chi connectivity index (χ4v) is 9.91. The Morgan fingerprint density at radius 1 is 0.734 bits per heavy atom. The number of ether oxygens (including phenoxy) is 5. The third-order valence-corrected chi connectivity index (χ3v) is 15.4. The van der Waals surface area contributed by atoms with E-state index in [0.29, 0.717) is 6.07 Å². The van der Waals surface area contributed by atoms with E-state index in [-0.39, 0.29) is 86.3 Å². The van der Waals surface area contributed by atoms with E-state index in [1.807, 2.05) is 0 Å². The molecule has 3 atom stereocenters. The minimum Gasteiger partial charge on any atom is -0.481 e. The van der Waals surface area contributed by atoms with Gasteiger partial charge in [0.15, 0.2) is 18.5 Å². The van der Waals surface area contributed by atoms with Gasteiger partial charge < -0.3 is 49.4 Å². The molecule has 0 saturated heterocycles. The van der Waals surface area contributed by atoms with Crippen LogP contribution in [0.1, 0.15) is 57.4 Å². The number of aryl methyl sites for hydroxylation is 2. The van der Waals surface area contributed by atoms with E-state index < -0.39 is 116 Å². The first-order chi connectivity index (χ1) is 43.5. The average Bonchev–Trinajstić information content (AvgIpc) is 0.827. The van der Waals surface area contributed by atoms with E-state index in [4.69, 9.17) is 67.7 Å². The Balaban J connectivity index is 0.000000340. The number of esters is 1. The molecule has 6 rings (SSSR count). The van der Waals surface area contributed by atoms with Crippen LogP contribution < -0.4 is 44.8 Å². The smallest absolute Gasteiger partial charge is 0.416 e. The SMILES string of the molecule is COc1cc(OC)nc(NC(=O)NS(=O)(=O)c2ncccc2C(=O)N(C)C)n1.COc1nc(C)nc(NC(=O)NS(=O)(=O)c2ccccc2CCC(F)(F)F)n1.CP(=O)(O)CCC(N)C(=O)O.C[C@H](OC(=O)c1cc(Oc2ccc(C(F)(F)F)cc2Cl)ccc1Cl)C(=O)O. The lowest BCUT2D eigenvalue weighted by Crippen LogP contribution is -2.36. The number of aliphatic carboxylic acids is 2. The number of anilines is 2. The summed E-state index contributed by atoms with van der Waals surface area (Å²) in [5.41, 5.74) is 3.72. The Bertz CT molecular complexity index is 3970. The number of carboxylic acid groups (broad SMARTS) is 2. The van der Waals surface area contributed by atoms with Gasteiger partial charge in [0.1, 0.15) is 23.4 Å². The number of pyridine rings is 1. The Morgan fingerprint density at radius 2 is 1.32 bits per heavy atom. The summed E-state index contributed by atoms with van der Waals surface area (Å²) in [6.45, 7) is 3.85. The number of nitrogens with two attached hydrogens (primary N) is 1. The largest absolute Gasteiger partial charge is 0.481 e. The molecule has 3 aromatic heterocycles. The van der Waals surface area contributed by atoms with Gasteiger partial charge in [-0.2, -0.15) is 59.7 Å². The van der Waals surface area contributed by atoms with Gasteiger partial charge in [-0.1, -0.05) is 41.4 Å². The van der Waals surface area contributed by atoms with Gasteiger partial charge in [0.25, 0.3) is 26.0 Å². The highest BCUT2D eigenvalue weighted by Crippen LogP contribution is 2.38. The summed E-state index contributed by atoms with van der Waals surface area (Å²) in [7, 11) is -5.09. The number of urea groups is 2. The summed E-state index contributed by atoms with van der Waals surface area (Å²) < 4.78 is 164. The number of carboxylic acids is 2. The topological polar surface area (TPSA) is 449 Å². The lowest BCUT2D eigenvalue weighted by Gasteiger charge is -2.14. The predicted molar refractivity (Wildman–Crippen MR) is 319 cm³/mol. The first kappa shape index (κ1) is 79.0. The Kier molecular flexibility index (Phi) is 29.1. The molecule has 6 aromatic rings. The minimum atomic E-state index is -4.56. The molecular weight excluding hydrogens is 1380 g/mol. The van der Waals surface area contributed by atoms with Gasteiger partial charge in [-0.05, 0) is 86.8 Å². The molecule has 0 aliphatic heterocycles. The number of halogens is 8. The highest BCUT2D eigenvalue weighted by molar-refractivity contribution is 7.90. The van der Waals surface area contributed by atoms with Gasteiger partial charge in [0, 0.05) is 39.5 Å². The van der Waals surface area contributed by atoms with Crippen LogP contribution in [0, 0.1) is 6.92 Å². The molecular formula is C52H57Cl2F6N12O19PS2. The van der Waals surface area contributed by atoms with Crippen LogP contribution in [0.3, 0.4) is 0 Å². The number of sulfonamides is 2. The minimum absolute atomic E-state index is 0.0246. The molecule has 0 fully saturated rings. The van der Waals surface area contributed by atoms with E-state index in [9.17, 15) is 76.5 Å². The van der Waals surface area contributed by atoms with Gasteiger partial charge in [0.2, 0.25) is 23.7 Å². The average molecular weight is 1430 g/mol. The number of benzene rings is 3. The number of carbonyl (C=O) groups is 6. The van der Waals surface area contributed by atoms with Crippen molar-refractivity contribution in [3.63, 3.8) is 0 Å². The number of alkyl halides is 6.